The third-order valence-corrected chi connectivity index (χ3v) is 5.28. The number of allylic oxidation sites excluding steroid dienone is 2. The molecule has 0 atom stereocenters. The van der Waals surface area contributed by atoms with E-state index in [1.165, 1.54) is 6.08 Å². The highest BCUT2D eigenvalue weighted by Crippen LogP contribution is 2.15. The monoisotopic (exact) mass is 303 g/mol. The van der Waals surface area contributed by atoms with Gasteiger partial charge in [-0.15, -0.1) is 0 Å². The van der Waals surface area contributed by atoms with Crippen molar-refractivity contribution in [2.75, 3.05) is 12.3 Å². The Labute approximate surface area is 121 Å². The quantitative estimate of drug-likeness (QED) is 0.725. The number of carbonyl (C=O) groups is 2. The summed E-state index contributed by atoms with van der Waals surface area (Å²) in [4.78, 5) is 22.9. The lowest BCUT2D eigenvalue weighted by molar-refractivity contribution is -0.123. The maximum Gasteiger partial charge on any atom is 0.220 e. The van der Waals surface area contributed by atoms with Crippen molar-refractivity contribution in [2.45, 2.75) is 52.2 Å². The Hall–Kier alpha value is -1.17. The first-order valence-corrected chi connectivity index (χ1v) is 8.27. The molecule has 0 aliphatic heterocycles. The summed E-state index contributed by atoms with van der Waals surface area (Å²) in [7, 11) is -3.23. The average molecular weight is 303 g/mol. The van der Waals surface area contributed by atoms with E-state index in [4.69, 9.17) is 0 Å². The number of ketones is 1. The topological polar surface area (TPSA) is 80.3 Å². The molecule has 0 aliphatic rings. The Morgan fingerprint density at radius 1 is 1.10 bits per heavy atom. The second-order valence-corrected chi connectivity index (χ2v) is 8.83. The van der Waals surface area contributed by atoms with E-state index in [1.807, 2.05) is 13.8 Å². The number of rotatable bonds is 7. The fourth-order valence-corrected chi connectivity index (χ4v) is 2.33. The third kappa shape index (κ3) is 7.43. The maximum atomic E-state index is 11.8. The van der Waals surface area contributed by atoms with Crippen LogP contribution in [0.1, 0.15) is 47.5 Å². The Morgan fingerprint density at radius 3 is 2.10 bits per heavy atom. The van der Waals surface area contributed by atoms with Gasteiger partial charge in [-0.1, -0.05) is 5.57 Å². The van der Waals surface area contributed by atoms with Gasteiger partial charge in [-0.2, -0.15) is 0 Å². The second kappa shape index (κ2) is 7.57. The fourth-order valence-electron chi connectivity index (χ4n) is 1.35. The molecule has 0 aromatic rings. The largest absolute Gasteiger partial charge is 0.355 e. The van der Waals surface area contributed by atoms with Crippen molar-refractivity contribution < 1.29 is 18.0 Å². The molecule has 1 N–H and O–H groups in total. The highest BCUT2D eigenvalue weighted by molar-refractivity contribution is 7.92. The molecule has 5 nitrogen and oxygen atoms in total. The predicted molar refractivity (Wildman–Crippen MR) is 80.2 cm³/mol. The van der Waals surface area contributed by atoms with E-state index in [2.05, 4.69) is 5.32 Å². The number of nitrogens with one attached hydrogen (secondary N) is 1. The van der Waals surface area contributed by atoms with Gasteiger partial charge < -0.3 is 5.32 Å². The molecule has 0 fully saturated rings. The fraction of sp³-hybridized carbons (Fsp3) is 0.714. The smallest absolute Gasteiger partial charge is 0.220 e. The molecule has 6 heteroatoms. The van der Waals surface area contributed by atoms with E-state index in [9.17, 15) is 18.0 Å². The Bertz CT molecular complexity index is 480. The first-order chi connectivity index (χ1) is 8.95. The highest BCUT2D eigenvalue weighted by atomic mass is 32.2. The Morgan fingerprint density at radius 2 is 1.65 bits per heavy atom. The first kappa shape index (κ1) is 18.8. The summed E-state index contributed by atoms with van der Waals surface area (Å²) in [5, 5.41) is 2.53. The molecule has 0 spiro atoms. The van der Waals surface area contributed by atoms with Crippen LogP contribution in [0.3, 0.4) is 0 Å². The highest BCUT2D eigenvalue weighted by Gasteiger charge is 2.28. The van der Waals surface area contributed by atoms with Crippen LogP contribution in [-0.4, -0.2) is 37.2 Å². The van der Waals surface area contributed by atoms with Gasteiger partial charge in [-0.25, -0.2) is 8.42 Å². The van der Waals surface area contributed by atoms with E-state index in [1.54, 1.807) is 20.8 Å². The first-order valence-electron chi connectivity index (χ1n) is 6.62. The molecule has 0 heterocycles. The molecule has 0 radical (unpaired) electrons. The lowest BCUT2D eigenvalue weighted by atomic mass is 10.1. The molecule has 0 aliphatic carbocycles. The second-order valence-electron chi connectivity index (χ2n) is 5.97. The van der Waals surface area contributed by atoms with Crippen molar-refractivity contribution >= 4 is 21.5 Å². The van der Waals surface area contributed by atoms with Crippen molar-refractivity contribution in [1.29, 1.82) is 0 Å². The van der Waals surface area contributed by atoms with Gasteiger partial charge in [-0.05, 0) is 40.7 Å². The minimum atomic E-state index is -3.23. The van der Waals surface area contributed by atoms with Crippen LogP contribution in [0.5, 0.6) is 0 Å². The van der Waals surface area contributed by atoms with Crippen LogP contribution in [-0.2, 0) is 19.4 Å². The van der Waals surface area contributed by atoms with Crippen LogP contribution < -0.4 is 5.32 Å². The van der Waals surface area contributed by atoms with Gasteiger partial charge in [-0.3, -0.25) is 9.59 Å². The van der Waals surface area contributed by atoms with Crippen LogP contribution in [0.2, 0.25) is 0 Å². The molecule has 116 valence electrons. The van der Waals surface area contributed by atoms with Gasteiger partial charge in [0.2, 0.25) is 5.91 Å². The van der Waals surface area contributed by atoms with E-state index in [-0.39, 0.29) is 36.8 Å². The van der Waals surface area contributed by atoms with E-state index in [0.29, 0.717) is 0 Å². The van der Waals surface area contributed by atoms with Crippen LogP contribution in [0, 0.1) is 0 Å². The standard InChI is InChI=1S/C14H25NO4S/c1-11(2)10-12(16)6-7-13(17)15-8-9-20(18,19)14(3,4)5/h10H,6-9H2,1-5H3,(H,15,17). The van der Waals surface area contributed by atoms with Crippen LogP contribution >= 0.6 is 0 Å². The summed E-state index contributed by atoms with van der Waals surface area (Å²) in [6.07, 6.45) is 1.72. The van der Waals surface area contributed by atoms with Crippen molar-refractivity contribution in [1.82, 2.24) is 5.32 Å². The lowest BCUT2D eigenvalue weighted by Crippen LogP contribution is -2.36. The molecule has 0 aromatic carbocycles. The van der Waals surface area contributed by atoms with Gasteiger partial charge in [0.05, 0.1) is 10.5 Å². The van der Waals surface area contributed by atoms with Crippen molar-refractivity contribution in [3.05, 3.63) is 11.6 Å². The van der Waals surface area contributed by atoms with Crippen molar-refractivity contribution in [3.63, 3.8) is 0 Å². The number of sulfone groups is 1. The Kier molecular flexibility index (Phi) is 7.13. The van der Waals surface area contributed by atoms with Crippen LogP contribution in [0.4, 0.5) is 0 Å². The summed E-state index contributed by atoms with van der Waals surface area (Å²) >= 11 is 0. The molecule has 0 saturated heterocycles. The average Bonchev–Trinajstić information content (AvgIpc) is 2.23. The molecule has 0 rings (SSSR count). The van der Waals surface area contributed by atoms with E-state index >= 15 is 0 Å². The summed E-state index contributed by atoms with van der Waals surface area (Å²) in [6.45, 7) is 8.59. The molecule has 20 heavy (non-hydrogen) atoms. The van der Waals surface area contributed by atoms with E-state index in [0.717, 1.165) is 5.57 Å². The molecular weight excluding hydrogens is 278 g/mol. The summed E-state index contributed by atoms with van der Waals surface area (Å²) in [6, 6.07) is 0. The Balaban J connectivity index is 4.09. The molecule has 0 saturated carbocycles. The molecule has 0 aromatic heterocycles. The summed E-state index contributed by atoms with van der Waals surface area (Å²) < 4.78 is 22.8. The van der Waals surface area contributed by atoms with Gasteiger partial charge in [0, 0.05) is 19.4 Å². The number of hydrogen-bond donors (Lipinski definition) is 1. The number of amides is 1. The zero-order valence-corrected chi connectivity index (χ0v) is 13.8. The van der Waals surface area contributed by atoms with Crippen molar-refractivity contribution in [3.8, 4) is 0 Å². The molecule has 0 unspecified atom stereocenters. The normalized spacial score (nSPS) is 11.8. The molecular formula is C14H25NO4S. The minimum Gasteiger partial charge on any atom is -0.355 e. The van der Waals surface area contributed by atoms with Crippen LogP contribution in [0.25, 0.3) is 0 Å². The SMILES string of the molecule is CC(C)=CC(=O)CCC(=O)NCCS(=O)(=O)C(C)(C)C. The number of hydrogen-bond acceptors (Lipinski definition) is 4. The maximum absolute atomic E-state index is 11.8. The lowest BCUT2D eigenvalue weighted by Gasteiger charge is -2.19. The zero-order chi connectivity index (χ0) is 16.0. The predicted octanol–water partition coefficient (Wildman–Crippen LogP) is 1.63. The number of carbonyl (C=O) groups excluding carboxylic acids is 2. The summed E-state index contributed by atoms with van der Waals surface area (Å²) in [5.41, 5.74) is 0.895. The summed E-state index contributed by atoms with van der Waals surface area (Å²) in [5.74, 6) is -0.489. The van der Waals surface area contributed by atoms with Crippen LogP contribution in [0.15, 0.2) is 11.6 Å². The van der Waals surface area contributed by atoms with E-state index < -0.39 is 14.6 Å². The van der Waals surface area contributed by atoms with Gasteiger partial charge >= 0.3 is 0 Å². The minimum absolute atomic E-state index is 0.0786. The zero-order valence-electron chi connectivity index (χ0n) is 12.9. The third-order valence-electron chi connectivity index (χ3n) is 2.67. The van der Waals surface area contributed by atoms with Gasteiger partial charge in [0.1, 0.15) is 0 Å². The molecule has 0 bridgehead atoms. The van der Waals surface area contributed by atoms with Gasteiger partial charge in [0.25, 0.3) is 0 Å². The van der Waals surface area contributed by atoms with Gasteiger partial charge in [0.15, 0.2) is 15.6 Å². The van der Waals surface area contributed by atoms with Crippen molar-refractivity contribution in [2.24, 2.45) is 0 Å². The molecule has 1 amide bonds.